The minimum Gasteiger partial charge on any atom is -0.426 e. The molecule has 0 amide bonds. The normalized spacial score (nSPS) is 15.4. The van der Waals surface area contributed by atoms with Crippen molar-refractivity contribution in [2.24, 2.45) is 0 Å². The maximum Gasteiger partial charge on any atom is 0.312 e. The van der Waals surface area contributed by atoms with Gasteiger partial charge in [-0.05, 0) is 44.1 Å². The van der Waals surface area contributed by atoms with Gasteiger partial charge in [-0.2, -0.15) is 0 Å². The Kier molecular flexibility index (Phi) is 4.45. The van der Waals surface area contributed by atoms with Crippen LogP contribution in [0.25, 0.3) is 27.3 Å². The molecule has 1 fully saturated rings. The highest BCUT2D eigenvalue weighted by Crippen LogP contribution is 2.27. The number of rotatable bonds is 4. The van der Waals surface area contributed by atoms with Crippen molar-refractivity contribution in [3.05, 3.63) is 54.9 Å². The van der Waals surface area contributed by atoms with E-state index in [-0.39, 0.29) is 5.97 Å². The van der Waals surface area contributed by atoms with Crippen molar-refractivity contribution in [1.29, 1.82) is 0 Å². The van der Waals surface area contributed by atoms with Gasteiger partial charge >= 0.3 is 5.97 Å². The van der Waals surface area contributed by atoms with Gasteiger partial charge < -0.3 is 14.0 Å². The molecule has 1 aromatic carbocycles. The summed E-state index contributed by atoms with van der Waals surface area (Å²) in [6, 6.07) is 14.0. The number of ether oxygens (including phenoxy) is 1. The van der Waals surface area contributed by atoms with Crippen LogP contribution >= 0.6 is 0 Å². The molecule has 5 nitrogen and oxygen atoms in total. The number of likely N-dealkylation sites (tertiary alicyclic amines) is 1. The van der Waals surface area contributed by atoms with E-state index in [4.69, 9.17) is 9.72 Å². The minimum absolute atomic E-state index is 0.177. The minimum atomic E-state index is -0.177. The van der Waals surface area contributed by atoms with Crippen LogP contribution in [0.15, 0.2) is 54.9 Å². The Hall–Kier alpha value is -2.92. The zero-order valence-electron chi connectivity index (χ0n) is 15.8. The molecule has 3 aromatic heterocycles. The van der Waals surface area contributed by atoms with Crippen LogP contribution in [0.4, 0.5) is 0 Å². The number of para-hydroxylation sites is 1. The number of fused-ring (bicyclic) bond motifs is 4. The lowest BCUT2D eigenvalue weighted by Crippen LogP contribution is -2.32. The Morgan fingerprint density at radius 2 is 1.89 bits per heavy atom. The summed E-state index contributed by atoms with van der Waals surface area (Å²) in [7, 11) is 0. The van der Waals surface area contributed by atoms with Crippen LogP contribution in [0, 0.1) is 0 Å². The summed E-state index contributed by atoms with van der Waals surface area (Å²) in [5, 5.41) is 2.20. The first-order valence-corrected chi connectivity index (χ1v) is 9.99. The van der Waals surface area contributed by atoms with Crippen molar-refractivity contribution in [1.82, 2.24) is 14.3 Å². The van der Waals surface area contributed by atoms with Crippen molar-refractivity contribution in [3.8, 4) is 5.75 Å². The van der Waals surface area contributed by atoms with Gasteiger partial charge in [0.25, 0.3) is 0 Å². The van der Waals surface area contributed by atoms with Crippen LogP contribution in [0.3, 0.4) is 0 Å². The summed E-state index contributed by atoms with van der Waals surface area (Å²) in [4.78, 5) is 19.5. The maximum absolute atomic E-state index is 12.3. The highest BCUT2D eigenvalue weighted by molar-refractivity contribution is 6.01. The quantitative estimate of drug-likeness (QED) is 0.497. The van der Waals surface area contributed by atoms with E-state index < -0.39 is 0 Å². The predicted octanol–water partition coefficient (Wildman–Crippen LogP) is 4.42. The molecule has 0 spiro atoms. The molecule has 0 bridgehead atoms. The molecule has 142 valence electrons. The molecule has 4 aromatic rings. The zero-order chi connectivity index (χ0) is 18.9. The standard InChI is InChI=1S/C23H23N3O2/c27-22(9-12-25-10-4-1-5-11-25)28-19-8-13-26-16-18-14-17-6-2-3-7-20(17)24-23(18)21(26)15-19/h2-3,6-8,13-16H,1,4-5,9-12H2. The molecular formula is C23H23N3O2. The molecule has 1 saturated heterocycles. The topological polar surface area (TPSA) is 46.8 Å². The number of nitrogens with zero attached hydrogens (tertiary/aromatic N) is 3. The zero-order valence-corrected chi connectivity index (χ0v) is 15.8. The number of pyridine rings is 2. The van der Waals surface area contributed by atoms with Crippen LogP contribution in [0.2, 0.25) is 0 Å². The molecular weight excluding hydrogens is 350 g/mol. The van der Waals surface area contributed by atoms with E-state index >= 15 is 0 Å². The number of hydrogen-bond acceptors (Lipinski definition) is 4. The van der Waals surface area contributed by atoms with Crippen LogP contribution in [-0.2, 0) is 4.79 Å². The van der Waals surface area contributed by atoms with Gasteiger partial charge in [-0.15, -0.1) is 0 Å². The molecule has 4 heterocycles. The fraction of sp³-hybridized carbons (Fsp3) is 0.304. The maximum atomic E-state index is 12.3. The van der Waals surface area contributed by atoms with Crippen molar-refractivity contribution in [2.75, 3.05) is 19.6 Å². The van der Waals surface area contributed by atoms with Crippen molar-refractivity contribution >= 4 is 33.3 Å². The predicted molar refractivity (Wildman–Crippen MR) is 111 cm³/mol. The summed E-state index contributed by atoms with van der Waals surface area (Å²) in [6.45, 7) is 2.96. The summed E-state index contributed by atoms with van der Waals surface area (Å²) in [5.74, 6) is 0.398. The van der Waals surface area contributed by atoms with Gasteiger partial charge in [0.1, 0.15) is 5.75 Å². The van der Waals surface area contributed by atoms with E-state index in [1.165, 1.54) is 19.3 Å². The lowest BCUT2D eigenvalue weighted by Gasteiger charge is -2.25. The van der Waals surface area contributed by atoms with Gasteiger partial charge in [0, 0.05) is 35.8 Å². The smallest absolute Gasteiger partial charge is 0.312 e. The van der Waals surface area contributed by atoms with Gasteiger partial charge in [-0.25, -0.2) is 4.98 Å². The Labute approximate surface area is 163 Å². The third-order valence-electron chi connectivity index (χ3n) is 5.54. The summed E-state index contributed by atoms with van der Waals surface area (Å²) in [6.07, 6.45) is 8.18. The van der Waals surface area contributed by atoms with Crippen LogP contribution < -0.4 is 4.74 Å². The Balaban J connectivity index is 1.38. The number of hydrogen-bond donors (Lipinski definition) is 0. The monoisotopic (exact) mass is 373 g/mol. The van der Waals surface area contributed by atoms with Crippen molar-refractivity contribution in [2.45, 2.75) is 25.7 Å². The summed E-state index contributed by atoms with van der Waals surface area (Å²) in [5.41, 5.74) is 2.83. The molecule has 0 N–H and O–H groups in total. The van der Waals surface area contributed by atoms with E-state index in [2.05, 4.69) is 23.2 Å². The average molecular weight is 373 g/mol. The molecule has 0 radical (unpaired) electrons. The van der Waals surface area contributed by atoms with E-state index in [0.717, 1.165) is 47.0 Å². The van der Waals surface area contributed by atoms with Crippen molar-refractivity contribution < 1.29 is 9.53 Å². The number of carbonyl (C=O) groups is 1. The molecule has 0 saturated carbocycles. The second-order valence-corrected chi connectivity index (χ2v) is 7.53. The van der Waals surface area contributed by atoms with Crippen LogP contribution in [0.1, 0.15) is 25.7 Å². The fourth-order valence-electron chi connectivity index (χ4n) is 4.06. The lowest BCUT2D eigenvalue weighted by atomic mass is 10.1. The Morgan fingerprint density at radius 1 is 1.04 bits per heavy atom. The van der Waals surface area contributed by atoms with Gasteiger partial charge in [0.05, 0.1) is 23.0 Å². The van der Waals surface area contributed by atoms with E-state index in [1.807, 2.05) is 40.9 Å². The molecule has 1 aliphatic heterocycles. The third-order valence-corrected chi connectivity index (χ3v) is 5.54. The number of carbonyl (C=O) groups excluding carboxylic acids is 1. The van der Waals surface area contributed by atoms with Gasteiger partial charge in [0.2, 0.25) is 0 Å². The molecule has 5 rings (SSSR count). The summed E-state index contributed by atoms with van der Waals surface area (Å²) < 4.78 is 7.64. The highest BCUT2D eigenvalue weighted by atomic mass is 16.5. The third kappa shape index (κ3) is 3.34. The second-order valence-electron chi connectivity index (χ2n) is 7.53. The first-order chi connectivity index (χ1) is 13.8. The van der Waals surface area contributed by atoms with E-state index in [9.17, 15) is 4.79 Å². The number of esters is 1. The van der Waals surface area contributed by atoms with Gasteiger partial charge in [-0.3, -0.25) is 4.79 Å². The molecule has 0 unspecified atom stereocenters. The molecule has 1 aliphatic rings. The molecule has 0 aliphatic carbocycles. The Bertz CT molecular complexity index is 1160. The molecule has 28 heavy (non-hydrogen) atoms. The van der Waals surface area contributed by atoms with Crippen LogP contribution in [-0.4, -0.2) is 39.9 Å². The van der Waals surface area contributed by atoms with E-state index in [1.54, 1.807) is 0 Å². The fourth-order valence-corrected chi connectivity index (χ4v) is 4.06. The van der Waals surface area contributed by atoms with Crippen molar-refractivity contribution in [3.63, 3.8) is 0 Å². The number of aromatic nitrogens is 2. The number of piperidine rings is 1. The SMILES string of the molecule is O=C(CCN1CCCCC1)Oc1ccn2cc3cc4ccccc4nc3c2c1. The van der Waals surface area contributed by atoms with Crippen LogP contribution in [0.5, 0.6) is 5.75 Å². The summed E-state index contributed by atoms with van der Waals surface area (Å²) >= 11 is 0. The van der Waals surface area contributed by atoms with E-state index in [0.29, 0.717) is 12.2 Å². The highest BCUT2D eigenvalue weighted by Gasteiger charge is 2.14. The Morgan fingerprint density at radius 3 is 2.79 bits per heavy atom. The average Bonchev–Trinajstić information content (AvgIpc) is 3.08. The first-order valence-electron chi connectivity index (χ1n) is 9.99. The molecule has 0 atom stereocenters. The first kappa shape index (κ1) is 17.2. The van der Waals surface area contributed by atoms with Gasteiger partial charge in [0.15, 0.2) is 0 Å². The number of benzene rings is 1. The molecule has 5 heteroatoms. The lowest BCUT2D eigenvalue weighted by molar-refractivity contribution is -0.134. The second kappa shape index (κ2) is 7.24. The van der Waals surface area contributed by atoms with Gasteiger partial charge in [-0.1, -0.05) is 24.6 Å². The largest absolute Gasteiger partial charge is 0.426 e.